The van der Waals surface area contributed by atoms with Crippen molar-refractivity contribution >= 4 is 29.2 Å². The van der Waals surface area contributed by atoms with Crippen molar-refractivity contribution in [1.29, 1.82) is 0 Å². The average Bonchev–Trinajstić information content (AvgIpc) is 2.90. The van der Waals surface area contributed by atoms with Gasteiger partial charge in [-0.2, -0.15) is 15.0 Å². The second kappa shape index (κ2) is 5.76. The van der Waals surface area contributed by atoms with Gasteiger partial charge in [0.2, 0.25) is 17.8 Å². The van der Waals surface area contributed by atoms with Crippen LogP contribution in [0.15, 0.2) is 10.9 Å². The molecule has 2 aromatic heterocycles. The van der Waals surface area contributed by atoms with Crippen LogP contribution in [0.5, 0.6) is 0 Å². The number of rotatable bonds is 5. The van der Waals surface area contributed by atoms with Crippen LogP contribution in [0.25, 0.3) is 0 Å². The maximum absolute atomic E-state index is 5.37. The maximum atomic E-state index is 5.37. The fraction of sp³-hybridized carbons (Fsp3) is 0.400. The number of hydrogen-bond donors (Lipinski definition) is 2. The zero-order chi connectivity index (χ0) is 13.8. The summed E-state index contributed by atoms with van der Waals surface area (Å²) in [6.45, 7) is 0.629. The topological polar surface area (TPSA) is 96.1 Å². The number of nitrogen functional groups attached to an aromatic ring is 1. The predicted octanol–water partition coefficient (Wildman–Crippen LogP) is 0.316. The van der Waals surface area contributed by atoms with Crippen molar-refractivity contribution in [1.82, 2.24) is 19.9 Å². The van der Waals surface area contributed by atoms with Gasteiger partial charge in [0.25, 0.3) is 0 Å². The highest BCUT2D eigenvalue weighted by atomic mass is 32.1. The van der Waals surface area contributed by atoms with E-state index in [-0.39, 0.29) is 0 Å². The summed E-state index contributed by atoms with van der Waals surface area (Å²) in [5.41, 5.74) is 5.22. The number of thiazole rings is 1. The van der Waals surface area contributed by atoms with Gasteiger partial charge in [0.1, 0.15) is 0 Å². The molecular weight excluding hydrogens is 264 g/mol. The minimum atomic E-state index is 0.332. The molecule has 0 unspecified atom stereocenters. The zero-order valence-electron chi connectivity index (χ0n) is 11.0. The molecule has 0 atom stereocenters. The molecule has 3 N–H and O–H groups in total. The van der Waals surface area contributed by atoms with E-state index in [0.29, 0.717) is 24.4 Å². The minimum absolute atomic E-state index is 0.332. The first kappa shape index (κ1) is 13.4. The summed E-state index contributed by atoms with van der Waals surface area (Å²) in [6.07, 6.45) is 0. The molecule has 0 fully saturated rings. The number of hydrazine groups is 1. The lowest BCUT2D eigenvalue weighted by Gasteiger charge is -2.18. The molecule has 2 aromatic rings. The van der Waals surface area contributed by atoms with Crippen LogP contribution >= 0.6 is 11.3 Å². The molecule has 9 heteroatoms. The summed E-state index contributed by atoms with van der Waals surface area (Å²) in [5, 5.41) is 1.99. The van der Waals surface area contributed by atoms with Crippen molar-refractivity contribution in [2.45, 2.75) is 6.54 Å². The fourth-order valence-corrected chi connectivity index (χ4v) is 1.97. The van der Waals surface area contributed by atoms with Gasteiger partial charge in [-0.05, 0) is 0 Å². The third-order valence-corrected chi connectivity index (χ3v) is 3.00. The second-order valence-corrected chi connectivity index (χ2v) is 4.85. The highest BCUT2D eigenvalue weighted by molar-refractivity contribution is 7.07. The predicted molar refractivity (Wildman–Crippen MR) is 76.2 cm³/mol. The molecule has 0 radical (unpaired) electrons. The molecule has 0 aliphatic carbocycles. The Kier molecular flexibility index (Phi) is 4.07. The van der Waals surface area contributed by atoms with Crippen LogP contribution in [0.3, 0.4) is 0 Å². The van der Waals surface area contributed by atoms with E-state index in [1.807, 2.05) is 31.4 Å². The third kappa shape index (κ3) is 3.26. The van der Waals surface area contributed by atoms with Crippen molar-refractivity contribution in [2.75, 3.05) is 36.4 Å². The van der Waals surface area contributed by atoms with Crippen LogP contribution in [-0.4, -0.2) is 41.1 Å². The monoisotopic (exact) mass is 280 g/mol. The van der Waals surface area contributed by atoms with Gasteiger partial charge in [-0.1, -0.05) is 0 Å². The Bertz CT molecular complexity index is 526. The number of hydrogen-bond acceptors (Lipinski definition) is 9. The number of nitrogens with zero attached hydrogens (tertiary/aromatic N) is 6. The molecule has 0 aliphatic heterocycles. The summed E-state index contributed by atoms with van der Waals surface area (Å²) < 4.78 is 0. The standard InChI is InChI=1S/C10H16N8S/c1-17(2)9-13-8(16-11)14-10(15-9)18(3)4-7-5-19-6-12-7/h5-6H,4,11H2,1-3H3,(H,13,14,15,16). The lowest BCUT2D eigenvalue weighted by Crippen LogP contribution is -2.24. The Balaban J connectivity index is 2.24. The molecule has 102 valence electrons. The van der Waals surface area contributed by atoms with Crippen molar-refractivity contribution in [3.05, 3.63) is 16.6 Å². The van der Waals surface area contributed by atoms with Gasteiger partial charge < -0.3 is 9.80 Å². The first-order chi connectivity index (χ1) is 9.10. The van der Waals surface area contributed by atoms with Crippen LogP contribution in [0.2, 0.25) is 0 Å². The molecule has 0 amide bonds. The Labute approximate surface area is 115 Å². The van der Waals surface area contributed by atoms with Gasteiger partial charge in [0.05, 0.1) is 17.7 Å². The molecule has 2 rings (SSSR count). The van der Waals surface area contributed by atoms with Crippen LogP contribution in [0.1, 0.15) is 5.69 Å². The number of aromatic nitrogens is 4. The van der Waals surface area contributed by atoms with Gasteiger partial charge in [-0.25, -0.2) is 10.8 Å². The van der Waals surface area contributed by atoms with Crippen LogP contribution < -0.4 is 21.1 Å². The van der Waals surface area contributed by atoms with Crippen LogP contribution in [-0.2, 0) is 6.54 Å². The normalized spacial score (nSPS) is 10.3. The lowest BCUT2D eigenvalue weighted by atomic mass is 10.4. The number of nitrogens with two attached hydrogens (primary N) is 1. The Morgan fingerprint density at radius 3 is 2.53 bits per heavy atom. The highest BCUT2D eigenvalue weighted by Crippen LogP contribution is 2.15. The van der Waals surface area contributed by atoms with E-state index in [1.165, 1.54) is 0 Å². The van der Waals surface area contributed by atoms with Crippen molar-refractivity contribution in [3.63, 3.8) is 0 Å². The van der Waals surface area contributed by atoms with Crippen molar-refractivity contribution in [3.8, 4) is 0 Å². The van der Waals surface area contributed by atoms with Crippen LogP contribution in [0, 0.1) is 0 Å². The second-order valence-electron chi connectivity index (χ2n) is 4.13. The Morgan fingerprint density at radius 1 is 1.21 bits per heavy atom. The lowest BCUT2D eigenvalue weighted by molar-refractivity contribution is 0.828. The largest absolute Gasteiger partial charge is 0.347 e. The van der Waals surface area contributed by atoms with Gasteiger partial charge in [0.15, 0.2) is 0 Å². The summed E-state index contributed by atoms with van der Waals surface area (Å²) in [5.74, 6) is 6.79. The Hall–Kier alpha value is -2.00. The SMILES string of the molecule is CN(C)c1nc(NN)nc(N(C)Cc2cscn2)n1. The van der Waals surface area contributed by atoms with Crippen molar-refractivity contribution in [2.24, 2.45) is 5.84 Å². The first-order valence-corrected chi connectivity index (χ1v) is 6.52. The average molecular weight is 280 g/mol. The molecule has 0 saturated heterocycles. The van der Waals surface area contributed by atoms with E-state index in [9.17, 15) is 0 Å². The summed E-state index contributed by atoms with van der Waals surface area (Å²) in [6, 6.07) is 0. The number of nitrogens with one attached hydrogen (secondary N) is 1. The van der Waals surface area contributed by atoms with E-state index in [4.69, 9.17) is 5.84 Å². The fourth-order valence-electron chi connectivity index (χ4n) is 1.42. The van der Waals surface area contributed by atoms with Gasteiger partial charge >= 0.3 is 0 Å². The molecule has 0 aromatic carbocycles. The van der Waals surface area contributed by atoms with E-state index in [2.05, 4.69) is 25.4 Å². The van der Waals surface area contributed by atoms with E-state index >= 15 is 0 Å². The van der Waals surface area contributed by atoms with Gasteiger partial charge in [-0.3, -0.25) is 5.43 Å². The third-order valence-electron chi connectivity index (χ3n) is 2.36. The van der Waals surface area contributed by atoms with Gasteiger partial charge in [-0.15, -0.1) is 11.3 Å². The molecule has 2 heterocycles. The van der Waals surface area contributed by atoms with Gasteiger partial charge in [0, 0.05) is 26.5 Å². The Morgan fingerprint density at radius 2 is 1.95 bits per heavy atom. The smallest absolute Gasteiger partial charge is 0.243 e. The van der Waals surface area contributed by atoms with Crippen LogP contribution in [0.4, 0.5) is 17.8 Å². The molecule has 0 aliphatic rings. The summed E-state index contributed by atoms with van der Waals surface area (Å²) >= 11 is 1.56. The number of anilines is 3. The molecule has 0 saturated carbocycles. The van der Waals surface area contributed by atoms with Crippen molar-refractivity contribution < 1.29 is 0 Å². The summed E-state index contributed by atoms with van der Waals surface area (Å²) in [4.78, 5) is 20.7. The molecule has 0 spiro atoms. The molecule has 8 nitrogen and oxygen atoms in total. The molecule has 19 heavy (non-hydrogen) atoms. The molecule has 0 bridgehead atoms. The maximum Gasteiger partial charge on any atom is 0.243 e. The van der Waals surface area contributed by atoms with E-state index < -0.39 is 0 Å². The quantitative estimate of drug-likeness (QED) is 0.597. The zero-order valence-corrected chi connectivity index (χ0v) is 11.8. The van der Waals surface area contributed by atoms with E-state index in [1.54, 1.807) is 21.7 Å². The minimum Gasteiger partial charge on any atom is -0.347 e. The van der Waals surface area contributed by atoms with E-state index in [0.717, 1.165) is 5.69 Å². The molecular formula is C10H16N8S. The highest BCUT2D eigenvalue weighted by Gasteiger charge is 2.12. The summed E-state index contributed by atoms with van der Waals surface area (Å²) in [7, 11) is 5.62. The first-order valence-electron chi connectivity index (χ1n) is 5.58.